The number of hydrogen-bond donors (Lipinski definition) is 2. The van der Waals surface area contributed by atoms with E-state index in [9.17, 15) is 18.0 Å². The molecule has 1 aliphatic carbocycles. The highest BCUT2D eigenvalue weighted by Crippen LogP contribution is 2.30. The van der Waals surface area contributed by atoms with E-state index in [2.05, 4.69) is 20.6 Å². The van der Waals surface area contributed by atoms with Gasteiger partial charge in [-0.25, -0.2) is 9.98 Å². The van der Waals surface area contributed by atoms with E-state index < -0.39 is 11.9 Å². The molecule has 10 heteroatoms. The van der Waals surface area contributed by atoms with Crippen molar-refractivity contribution in [2.75, 3.05) is 19.6 Å². The van der Waals surface area contributed by atoms with E-state index in [0.717, 1.165) is 55.4 Å². The van der Waals surface area contributed by atoms with Crippen LogP contribution in [0.5, 0.6) is 0 Å². The maximum absolute atomic E-state index is 12.7. The Morgan fingerprint density at radius 3 is 2.75 bits per heavy atom. The Hall–Kier alpha value is -1.84. The molecule has 2 N–H and O–H groups in total. The van der Waals surface area contributed by atoms with Crippen LogP contribution in [0.2, 0.25) is 0 Å². The molecule has 1 aliphatic heterocycles. The smallest absolute Gasteiger partial charge is 0.357 e. The van der Waals surface area contributed by atoms with Crippen LogP contribution in [0, 0.1) is 5.92 Å². The third kappa shape index (κ3) is 5.36. The predicted octanol–water partition coefficient (Wildman–Crippen LogP) is 3.01. The summed E-state index contributed by atoms with van der Waals surface area (Å²) in [7, 11) is 0. The zero-order chi connectivity index (χ0) is 20.1. The van der Waals surface area contributed by atoms with E-state index in [1.165, 1.54) is 0 Å². The van der Waals surface area contributed by atoms with Crippen molar-refractivity contribution in [2.24, 2.45) is 10.9 Å². The fraction of sp³-hybridized carbons (Fsp3) is 0.722. The molecular weight excluding hydrogens is 391 g/mol. The van der Waals surface area contributed by atoms with Gasteiger partial charge in [-0.15, -0.1) is 11.3 Å². The maximum Gasteiger partial charge on any atom is 0.434 e. The SMILES string of the molecule is CCNC(=NCc1nc(C(F)(F)F)cs1)NC1CCN(C(=O)C2CCCC2)C1. The van der Waals surface area contributed by atoms with Gasteiger partial charge >= 0.3 is 6.18 Å². The monoisotopic (exact) mass is 417 g/mol. The molecule has 28 heavy (non-hydrogen) atoms. The van der Waals surface area contributed by atoms with Crippen molar-refractivity contribution in [1.82, 2.24) is 20.5 Å². The second-order valence-corrected chi connectivity index (χ2v) is 8.16. The van der Waals surface area contributed by atoms with Gasteiger partial charge in [0.05, 0.1) is 6.54 Å². The number of halogens is 3. The van der Waals surface area contributed by atoms with Gasteiger partial charge in [0.1, 0.15) is 5.01 Å². The summed E-state index contributed by atoms with van der Waals surface area (Å²) < 4.78 is 38.0. The molecule has 156 valence electrons. The van der Waals surface area contributed by atoms with E-state index >= 15 is 0 Å². The lowest BCUT2D eigenvalue weighted by Crippen LogP contribution is -2.45. The number of alkyl halides is 3. The Balaban J connectivity index is 1.55. The van der Waals surface area contributed by atoms with Crippen molar-refractivity contribution in [2.45, 2.75) is 57.8 Å². The van der Waals surface area contributed by atoms with Crippen molar-refractivity contribution in [3.8, 4) is 0 Å². The number of aromatic nitrogens is 1. The molecule has 0 radical (unpaired) electrons. The average molecular weight is 418 g/mol. The van der Waals surface area contributed by atoms with Gasteiger partial charge in [0.25, 0.3) is 0 Å². The zero-order valence-corrected chi connectivity index (χ0v) is 16.7. The van der Waals surface area contributed by atoms with Gasteiger partial charge in [0, 0.05) is 37.0 Å². The average Bonchev–Trinajstić information content (AvgIpc) is 3.39. The molecular formula is C18H26F3N5OS. The summed E-state index contributed by atoms with van der Waals surface area (Å²) >= 11 is 0.951. The fourth-order valence-electron chi connectivity index (χ4n) is 3.68. The first-order valence-electron chi connectivity index (χ1n) is 9.72. The number of thiazole rings is 1. The standard InChI is InChI=1S/C18H26F3N5OS/c1-2-22-17(23-9-15-25-14(11-28-15)18(19,20)21)24-13-7-8-26(10-13)16(27)12-5-3-4-6-12/h11-13H,2-10H2,1H3,(H2,22,23,24). The Morgan fingerprint density at radius 1 is 1.36 bits per heavy atom. The normalized spacial score (nSPS) is 21.4. The van der Waals surface area contributed by atoms with Crippen LogP contribution in [0.4, 0.5) is 13.2 Å². The molecule has 6 nitrogen and oxygen atoms in total. The third-order valence-corrected chi connectivity index (χ3v) is 5.94. The van der Waals surface area contributed by atoms with Gasteiger partial charge in [-0.2, -0.15) is 13.2 Å². The molecule has 0 bridgehead atoms. The van der Waals surface area contributed by atoms with Gasteiger partial charge < -0.3 is 15.5 Å². The largest absolute Gasteiger partial charge is 0.434 e. The third-order valence-electron chi connectivity index (χ3n) is 5.10. The van der Waals surface area contributed by atoms with Crippen LogP contribution in [-0.2, 0) is 17.5 Å². The number of guanidine groups is 1. The number of hydrogen-bond acceptors (Lipinski definition) is 4. The van der Waals surface area contributed by atoms with Crippen LogP contribution < -0.4 is 10.6 Å². The summed E-state index contributed by atoms with van der Waals surface area (Å²) in [5.74, 6) is 0.964. The molecule has 2 heterocycles. The number of nitrogens with zero attached hydrogens (tertiary/aromatic N) is 3. The van der Waals surface area contributed by atoms with E-state index in [1.54, 1.807) is 0 Å². The first-order chi connectivity index (χ1) is 13.4. The molecule has 1 amide bonds. The lowest BCUT2D eigenvalue weighted by molar-refractivity contribution is -0.140. The number of amides is 1. The van der Waals surface area contributed by atoms with Crippen LogP contribution in [0.3, 0.4) is 0 Å². The number of carbonyl (C=O) groups excluding carboxylic acids is 1. The number of aliphatic imine (C=N–C) groups is 1. The zero-order valence-electron chi connectivity index (χ0n) is 15.9. The first-order valence-corrected chi connectivity index (χ1v) is 10.6. The van der Waals surface area contributed by atoms with Gasteiger partial charge in [-0.05, 0) is 26.2 Å². The molecule has 0 spiro atoms. The number of carbonyl (C=O) groups is 1. The van der Waals surface area contributed by atoms with Crippen LogP contribution in [0.25, 0.3) is 0 Å². The van der Waals surface area contributed by atoms with E-state index in [4.69, 9.17) is 0 Å². The predicted molar refractivity (Wildman–Crippen MR) is 102 cm³/mol. The van der Waals surface area contributed by atoms with E-state index in [1.807, 2.05) is 11.8 Å². The number of nitrogens with one attached hydrogen (secondary N) is 2. The van der Waals surface area contributed by atoms with Gasteiger partial charge in [-0.3, -0.25) is 4.79 Å². The maximum atomic E-state index is 12.7. The van der Waals surface area contributed by atoms with Crippen molar-refractivity contribution in [3.63, 3.8) is 0 Å². The van der Waals surface area contributed by atoms with Crippen LogP contribution >= 0.6 is 11.3 Å². The second-order valence-electron chi connectivity index (χ2n) is 7.21. The van der Waals surface area contributed by atoms with Gasteiger partial charge in [-0.1, -0.05) is 12.8 Å². The Kier molecular flexibility index (Phi) is 6.79. The van der Waals surface area contributed by atoms with Crippen molar-refractivity contribution >= 4 is 23.2 Å². The molecule has 1 aromatic heterocycles. The molecule has 1 unspecified atom stereocenters. The summed E-state index contributed by atoms with van der Waals surface area (Å²) in [4.78, 5) is 22.4. The molecule has 1 aromatic rings. The lowest BCUT2D eigenvalue weighted by Gasteiger charge is -2.21. The van der Waals surface area contributed by atoms with Crippen LogP contribution in [0.1, 0.15) is 49.7 Å². The summed E-state index contributed by atoms with van der Waals surface area (Å²) in [5.41, 5.74) is -0.877. The Labute approximate surface area is 166 Å². The Morgan fingerprint density at radius 2 is 2.11 bits per heavy atom. The van der Waals surface area contributed by atoms with Gasteiger partial charge in [0.2, 0.25) is 5.91 Å². The van der Waals surface area contributed by atoms with Crippen molar-refractivity contribution in [1.29, 1.82) is 0 Å². The van der Waals surface area contributed by atoms with Gasteiger partial charge in [0.15, 0.2) is 11.7 Å². The topological polar surface area (TPSA) is 69.6 Å². The summed E-state index contributed by atoms with van der Waals surface area (Å²) in [6.45, 7) is 4.00. The minimum absolute atomic E-state index is 0.0769. The molecule has 1 saturated carbocycles. The van der Waals surface area contributed by atoms with Crippen molar-refractivity contribution in [3.05, 3.63) is 16.1 Å². The van der Waals surface area contributed by atoms with Crippen molar-refractivity contribution < 1.29 is 18.0 Å². The quantitative estimate of drug-likeness (QED) is 0.571. The minimum Gasteiger partial charge on any atom is -0.357 e. The number of likely N-dealkylation sites (tertiary alicyclic amines) is 1. The lowest BCUT2D eigenvalue weighted by atomic mass is 10.1. The molecule has 1 saturated heterocycles. The highest BCUT2D eigenvalue weighted by atomic mass is 32.1. The fourth-order valence-corrected chi connectivity index (χ4v) is 4.41. The highest BCUT2D eigenvalue weighted by Gasteiger charge is 2.34. The summed E-state index contributed by atoms with van der Waals surface area (Å²) in [6.07, 6.45) is 0.654. The summed E-state index contributed by atoms with van der Waals surface area (Å²) in [5, 5.41) is 7.73. The molecule has 2 fully saturated rings. The van der Waals surface area contributed by atoms with Crippen LogP contribution in [-0.4, -0.2) is 47.4 Å². The minimum atomic E-state index is -4.43. The van der Waals surface area contributed by atoms with Crippen LogP contribution in [0.15, 0.2) is 10.4 Å². The molecule has 3 rings (SSSR count). The molecule has 2 aliphatic rings. The highest BCUT2D eigenvalue weighted by molar-refractivity contribution is 7.09. The first kappa shape index (κ1) is 20.9. The van der Waals surface area contributed by atoms with E-state index in [-0.39, 0.29) is 24.4 Å². The second kappa shape index (κ2) is 9.11. The Bertz CT molecular complexity index is 700. The molecule has 1 atom stereocenters. The van der Waals surface area contributed by atoms with E-state index in [0.29, 0.717) is 24.1 Å². The molecule has 0 aromatic carbocycles. The summed E-state index contributed by atoms with van der Waals surface area (Å²) in [6, 6.07) is 0.0881. The number of rotatable bonds is 5.